The summed E-state index contributed by atoms with van der Waals surface area (Å²) in [6.45, 7) is 5.34. The molecule has 0 fully saturated rings. The molecule has 58 valence electrons. The van der Waals surface area contributed by atoms with Gasteiger partial charge in [-0.1, -0.05) is 19.1 Å². The van der Waals surface area contributed by atoms with Gasteiger partial charge in [0.25, 0.3) is 0 Å². The van der Waals surface area contributed by atoms with Crippen LogP contribution in [0.2, 0.25) is 0 Å². The van der Waals surface area contributed by atoms with Crippen LogP contribution in [0.15, 0.2) is 12.2 Å². The molecule has 0 amide bonds. The van der Waals surface area contributed by atoms with E-state index in [-0.39, 0.29) is 0 Å². The van der Waals surface area contributed by atoms with E-state index in [1.807, 2.05) is 13.0 Å². The van der Waals surface area contributed by atoms with Gasteiger partial charge >= 0.3 is 5.97 Å². The molecular weight excluding hydrogens is 128 g/mol. The molecule has 0 unspecified atom stereocenters. The fraction of sp³-hybridized carbons (Fsp3) is 0.625. The molecule has 0 aromatic carbocycles. The molecule has 0 heterocycles. The Bertz CT molecular complexity index is 145. The first kappa shape index (κ1) is 9.21. The molecule has 2 heteroatoms. The number of carboxylic acid groups (broad SMARTS) is 1. The van der Waals surface area contributed by atoms with Crippen molar-refractivity contribution in [3.05, 3.63) is 12.2 Å². The second kappa shape index (κ2) is 3.40. The quantitative estimate of drug-likeness (QED) is 0.612. The molecule has 0 bridgehead atoms. The lowest BCUT2D eigenvalue weighted by atomic mass is 9.93. The van der Waals surface area contributed by atoms with E-state index in [0.717, 1.165) is 6.42 Å². The van der Waals surface area contributed by atoms with Gasteiger partial charge in [0.15, 0.2) is 0 Å². The van der Waals surface area contributed by atoms with E-state index in [1.165, 1.54) is 0 Å². The fourth-order valence-corrected chi connectivity index (χ4v) is 0.484. The third-order valence-electron chi connectivity index (χ3n) is 1.32. The number of hydrogen-bond donors (Lipinski definition) is 1. The summed E-state index contributed by atoms with van der Waals surface area (Å²) < 4.78 is 0. The zero-order valence-corrected chi connectivity index (χ0v) is 6.72. The maximum atomic E-state index is 10.5. The molecule has 0 rings (SSSR count). The van der Waals surface area contributed by atoms with E-state index >= 15 is 0 Å². The van der Waals surface area contributed by atoms with Gasteiger partial charge in [-0.2, -0.15) is 0 Å². The Kier molecular flexibility index (Phi) is 3.13. The lowest BCUT2D eigenvalue weighted by Gasteiger charge is -2.12. The first-order chi connectivity index (χ1) is 4.50. The number of rotatable bonds is 3. The summed E-state index contributed by atoms with van der Waals surface area (Å²) in [5, 5.41) is 8.62. The molecule has 0 aliphatic rings. The minimum absolute atomic E-state index is 0.712. The van der Waals surface area contributed by atoms with Crippen LogP contribution in [0, 0.1) is 5.41 Å². The highest BCUT2D eigenvalue weighted by molar-refractivity contribution is 5.75. The van der Waals surface area contributed by atoms with Crippen LogP contribution in [0.1, 0.15) is 27.2 Å². The van der Waals surface area contributed by atoms with Crippen LogP contribution in [0.3, 0.4) is 0 Å². The average molecular weight is 142 g/mol. The maximum Gasteiger partial charge on any atom is 0.312 e. The van der Waals surface area contributed by atoms with Crippen molar-refractivity contribution in [1.29, 1.82) is 0 Å². The Balaban J connectivity index is 4.12. The molecule has 10 heavy (non-hydrogen) atoms. The molecule has 0 saturated heterocycles. The van der Waals surface area contributed by atoms with Crippen molar-refractivity contribution in [1.82, 2.24) is 0 Å². The summed E-state index contributed by atoms with van der Waals surface area (Å²) in [4.78, 5) is 10.5. The molecule has 0 aromatic heterocycles. The van der Waals surface area contributed by atoms with Gasteiger partial charge in [-0.15, -0.1) is 0 Å². The predicted octanol–water partition coefficient (Wildman–Crippen LogP) is 2.06. The van der Waals surface area contributed by atoms with E-state index < -0.39 is 11.4 Å². The molecule has 0 aliphatic heterocycles. The highest BCUT2D eigenvalue weighted by Crippen LogP contribution is 2.16. The van der Waals surface area contributed by atoms with Gasteiger partial charge in [-0.3, -0.25) is 4.79 Å². The summed E-state index contributed by atoms with van der Waals surface area (Å²) in [7, 11) is 0. The van der Waals surface area contributed by atoms with Crippen molar-refractivity contribution in [2.75, 3.05) is 0 Å². The second-order valence-electron chi connectivity index (χ2n) is 2.84. The van der Waals surface area contributed by atoms with Crippen LogP contribution in [-0.4, -0.2) is 11.1 Å². The van der Waals surface area contributed by atoms with Gasteiger partial charge in [-0.25, -0.2) is 0 Å². The molecule has 0 atom stereocenters. The minimum Gasteiger partial charge on any atom is -0.481 e. The molecule has 0 aromatic rings. The lowest BCUT2D eigenvalue weighted by molar-refractivity contribution is -0.144. The number of carbonyl (C=O) groups is 1. The highest BCUT2D eigenvalue weighted by Gasteiger charge is 2.22. The Morgan fingerprint density at radius 3 is 2.40 bits per heavy atom. The topological polar surface area (TPSA) is 37.3 Å². The van der Waals surface area contributed by atoms with Gasteiger partial charge in [0.1, 0.15) is 0 Å². The van der Waals surface area contributed by atoms with Crippen LogP contribution >= 0.6 is 0 Å². The summed E-state index contributed by atoms with van der Waals surface area (Å²) in [6.07, 6.45) is 4.47. The number of aliphatic carboxylic acids is 1. The molecule has 0 aliphatic carbocycles. The van der Waals surface area contributed by atoms with Gasteiger partial charge in [0.2, 0.25) is 0 Å². The van der Waals surface area contributed by atoms with Gasteiger partial charge in [0, 0.05) is 0 Å². The van der Waals surface area contributed by atoms with E-state index in [2.05, 4.69) is 0 Å². The lowest BCUT2D eigenvalue weighted by Crippen LogP contribution is -2.20. The Hall–Kier alpha value is -0.790. The summed E-state index contributed by atoms with van der Waals surface area (Å²) in [5.74, 6) is -0.780. The maximum absolute atomic E-state index is 10.5. The van der Waals surface area contributed by atoms with E-state index in [4.69, 9.17) is 5.11 Å². The summed E-state index contributed by atoms with van der Waals surface area (Å²) in [6, 6.07) is 0. The monoisotopic (exact) mass is 142 g/mol. The van der Waals surface area contributed by atoms with Crippen molar-refractivity contribution in [2.45, 2.75) is 27.2 Å². The Morgan fingerprint density at radius 2 is 2.10 bits per heavy atom. The highest BCUT2D eigenvalue weighted by atomic mass is 16.4. The van der Waals surface area contributed by atoms with E-state index in [1.54, 1.807) is 19.9 Å². The minimum atomic E-state index is -0.780. The molecule has 2 nitrogen and oxygen atoms in total. The van der Waals surface area contributed by atoms with Crippen LogP contribution in [0.5, 0.6) is 0 Å². The van der Waals surface area contributed by atoms with Crippen molar-refractivity contribution < 1.29 is 9.90 Å². The summed E-state index contributed by atoms with van der Waals surface area (Å²) >= 11 is 0. The molecular formula is C8H14O2. The van der Waals surface area contributed by atoms with E-state index in [0.29, 0.717) is 0 Å². The van der Waals surface area contributed by atoms with Crippen molar-refractivity contribution >= 4 is 5.97 Å². The number of allylic oxidation sites excluding steroid dienone is 1. The smallest absolute Gasteiger partial charge is 0.312 e. The van der Waals surface area contributed by atoms with Gasteiger partial charge < -0.3 is 5.11 Å². The van der Waals surface area contributed by atoms with Crippen molar-refractivity contribution in [3.8, 4) is 0 Å². The first-order valence-corrected chi connectivity index (χ1v) is 3.42. The van der Waals surface area contributed by atoms with Crippen LogP contribution in [0.25, 0.3) is 0 Å². The Morgan fingerprint density at radius 1 is 1.60 bits per heavy atom. The first-order valence-electron chi connectivity index (χ1n) is 3.42. The van der Waals surface area contributed by atoms with Crippen LogP contribution in [-0.2, 0) is 4.79 Å². The van der Waals surface area contributed by atoms with Crippen LogP contribution < -0.4 is 0 Å². The average Bonchev–Trinajstić information content (AvgIpc) is 1.84. The molecule has 1 N–H and O–H groups in total. The largest absolute Gasteiger partial charge is 0.481 e. The third kappa shape index (κ3) is 2.67. The number of carboxylic acids is 1. The zero-order valence-electron chi connectivity index (χ0n) is 6.72. The normalized spacial score (nSPS) is 12.3. The van der Waals surface area contributed by atoms with Gasteiger partial charge in [-0.05, 0) is 20.3 Å². The molecule has 0 radical (unpaired) electrons. The SMILES string of the molecule is CC/C=C/C(C)(C)C(=O)O. The zero-order chi connectivity index (χ0) is 8.20. The van der Waals surface area contributed by atoms with Crippen molar-refractivity contribution in [2.24, 2.45) is 5.41 Å². The number of hydrogen-bond acceptors (Lipinski definition) is 1. The fourth-order valence-electron chi connectivity index (χ4n) is 0.484. The second-order valence-corrected chi connectivity index (χ2v) is 2.84. The van der Waals surface area contributed by atoms with Gasteiger partial charge in [0.05, 0.1) is 5.41 Å². The summed E-state index contributed by atoms with van der Waals surface area (Å²) in [5.41, 5.74) is -0.712. The van der Waals surface area contributed by atoms with E-state index in [9.17, 15) is 4.79 Å². The molecule has 0 saturated carbocycles. The van der Waals surface area contributed by atoms with Crippen LogP contribution in [0.4, 0.5) is 0 Å². The third-order valence-corrected chi connectivity index (χ3v) is 1.32. The molecule has 0 spiro atoms. The standard InChI is InChI=1S/C8H14O2/c1-4-5-6-8(2,3)7(9)10/h5-6H,4H2,1-3H3,(H,9,10)/b6-5+. The van der Waals surface area contributed by atoms with Crippen molar-refractivity contribution in [3.63, 3.8) is 0 Å². The Labute approximate surface area is 61.6 Å². The predicted molar refractivity (Wildman–Crippen MR) is 40.8 cm³/mol.